The zero-order valence-electron chi connectivity index (χ0n) is 37.6. The van der Waals surface area contributed by atoms with Crippen LogP contribution < -0.4 is 5.32 Å². The first kappa shape index (κ1) is 55.4. The lowest BCUT2D eigenvalue weighted by Crippen LogP contribution is -2.60. The van der Waals surface area contributed by atoms with Crippen molar-refractivity contribution in [1.29, 1.82) is 0 Å². The van der Waals surface area contributed by atoms with Gasteiger partial charge in [0.2, 0.25) is 5.91 Å². The van der Waals surface area contributed by atoms with Crippen LogP contribution in [0, 0.1) is 0 Å². The molecule has 1 saturated heterocycles. The van der Waals surface area contributed by atoms with Gasteiger partial charge in [-0.2, -0.15) is 0 Å². The monoisotopic (exact) mass is 838 g/mol. The van der Waals surface area contributed by atoms with E-state index in [9.17, 15) is 35.4 Å². The maximum absolute atomic E-state index is 13.0. The van der Waals surface area contributed by atoms with Crippen molar-refractivity contribution in [2.45, 2.75) is 255 Å². The highest BCUT2D eigenvalue weighted by atomic mass is 16.7. The molecule has 1 aliphatic rings. The van der Waals surface area contributed by atoms with Gasteiger partial charge in [0.25, 0.3) is 0 Å². The number of hydrogen-bond donors (Lipinski definition) is 7. The maximum Gasteiger partial charge on any atom is 0.249 e. The van der Waals surface area contributed by atoms with Gasteiger partial charge in [-0.25, -0.2) is 0 Å². The van der Waals surface area contributed by atoms with Crippen molar-refractivity contribution in [1.82, 2.24) is 5.32 Å². The zero-order valence-corrected chi connectivity index (χ0v) is 37.6. The molecule has 0 bridgehead atoms. The Balaban J connectivity index is 2.41. The van der Waals surface area contributed by atoms with Crippen molar-refractivity contribution in [3.63, 3.8) is 0 Å². The minimum Gasteiger partial charge on any atom is -0.394 e. The molecule has 0 aromatic carbocycles. The van der Waals surface area contributed by atoms with Gasteiger partial charge >= 0.3 is 0 Å². The number of unbranched alkanes of at least 4 members (excludes halogenated alkanes) is 25. The molecule has 1 amide bonds. The Hall–Kier alpha value is -1.63. The van der Waals surface area contributed by atoms with E-state index in [1.165, 1.54) is 135 Å². The molecule has 0 aromatic heterocycles. The van der Waals surface area contributed by atoms with Gasteiger partial charge in [-0.05, 0) is 57.8 Å². The molecule has 0 aromatic rings. The third kappa shape index (κ3) is 29.3. The first-order valence-corrected chi connectivity index (χ1v) is 24.3. The van der Waals surface area contributed by atoms with E-state index in [1.807, 2.05) is 6.08 Å². The fourth-order valence-corrected chi connectivity index (χ4v) is 7.53. The standard InChI is InChI=1S/C49H91NO9/c1-3-5-7-9-11-13-15-17-19-20-21-22-24-26-28-30-32-34-36-38-43(53)48(57)50-41(40-58-49-47(56)46(55)45(54)44(39-51)59-49)42(52)37-35-33-31-29-27-25-23-18-16-14-12-10-8-6-4-2/h21-22,27,29,35,37,41-47,49,51-56H,3-20,23-26,28,30-34,36,38-40H2,1-2H3,(H,50,57)/b22-21-,29-27+,37-35+. The summed E-state index contributed by atoms with van der Waals surface area (Å²) in [5.74, 6) is -0.631. The molecule has 0 spiro atoms. The van der Waals surface area contributed by atoms with Crippen LogP contribution >= 0.6 is 0 Å². The maximum atomic E-state index is 13.0. The minimum atomic E-state index is -1.62. The van der Waals surface area contributed by atoms with Crippen LogP contribution in [0.25, 0.3) is 0 Å². The lowest BCUT2D eigenvalue weighted by Gasteiger charge is -2.40. The van der Waals surface area contributed by atoms with Crippen LogP contribution in [0.4, 0.5) is 0 Å². The van der Waals surface area contributed by atoms with E-state index in [2.05, 4.69) is 43.5 Å². The average Bonchev–Trinajstić information content (AvgIpc) is 3.23. The number of aliphatic hydroxyl groups is 6. The highest BCUT2D eigenvalue weighted by Gasteiger charge is 2.44. The molecule has 346 valence electrons. The SMILES string of the molecule is CCCCCCCCCCC/C=C\CCCCCCCCC(O)C(=O)NC(COC1OC(CO)C(O)C(O)C1O)C(O)/C=C/CC/C=C/CCCCCCCCCCC. The molecule has 1 aliphatic heterocycles. The van der Waals surface area contributed by atoms with E-state index in [4.69, 9.17) is 9.47 Å². The lowest BCUT2D eigenvalue weighted by atomic mass is 9.99. The number of carbonyl (C=O) groups excluding carboxylic acids is 1. The molecule has 0 radical (unpaired) electrons. The number of ether oxygens (including phenoxy) is 2. The predicted molar refractivity (Wildman–Crippen MR) is 241 cm³/mol. The third-order valence-corrected chi connectivity index (χ3v) is 11.5. The predicted octanol–water partition coefficient (Wildman–Crippen LogP) is 9.42. The van der Waals surface area contributed by atoms with Crippen LogP contribution in [0.2, 0.25) is 0 Å². The second-order valence-corrected chi connectivity index (χ2v) is 17.0. The van der Waals surface area contributed by atoms with Crippen LogP contribution in [0.3, 0.4) is 0 Å². The van der Waals surface area contributed by atoms with Gasteiger partial charge in [-0.15, -0.1) is 0 Å². The van der Waals surface area contributed by atoms with E-state index in [0.717, 1.165) is 38.5 Å². The number of nitrogens with one attached hydrogen (secondary N) is 1. The first-order valence-electron chi connectivity index (χ1n) is 24.3. The van der Waals surface area contributed by atoms with Gasteiger partial charge in [0.1, 0.15) is 30.5 Å². The molecular formula is C49H91NO9. The second-order valence-electron chi connectivity index (χ2n) is 17.0. The topological polar surface area (TPSA) is 169 Å². The Labute approximate surface area is 360 Å². The Morgan fingerprint density at radius 1 is 0.576 bits per heavy atom. The van der Waals surface area contributed by atoms with Gasteiger partial charge < -0.3 is 45.4 Å². The molecular weight excluding hydrogens is 747 g/mol. The van der Waals surface area contributed by atoms with E-state index in [-0.39, 0.29) is 6.61 Å². The molecule has 10 nitrogen and oxygen atoms in total. The summed E-state index contributed by atoms with van der Waals surface area (Å²) in [7, 11) is 0. The summed E-state index contributed by atoms with van der Waals surface area (Å²) in [6.07, 6.45) is 38.0. The summed E-state index contributed by atoms with van der Waals surface area (Å²) in [4.78, 5) is 13.0. The largest absolute Gasteiger partial charge is 0.394 e. The van der Waals surface area contributed by atoms with E-state index >= 15 is 0 Å². The molecule has 8 atom stereocenters. The number of amides is 1. The summed E-state index contributed by atoms with van der Waals surface area (Å²) in [5, 5.41) is 64.7. The number of hydrogen-bond acceptors (Lipinski definition) is 9. The van der Waals surface area contributed by atoms with Crippen molar-refractivity contribution >= 4 is 5.91 Å². The van der Waals surface area contributed by atoms with Gasteiger partial charge in [0.05, 0.1) is 25.4 Å². The zero-order chi connectivity index (χ0) is 43.2. The van der Waals surface area contributed by atoms with Crippen molar-refractivity contribution in [3.8, 4) is 0 Å². The van der Waals surface area contributed by atoms with Gasteiger partial charge in [0.15, 0.2) is 6.29 Å². The van der Waals surface area contributed by atoms with Crippen molar-refractivity contribution in [2.75, 3.05) is 13.2 Å². The summed E-state index contributed by atoms with van der Waals surface area (Å²) in [6, 6.07) is -0.998. The summed E-state index contributed by atoms with van der Waals surface area (Å²) < 4.78 is 11.1. The van der Waals surface area contributed by atoms with Crippen LogP contribution in [0.5, 0.6) is 0 Å². The Kier molecular flexibility index (Phi) is 36.8. The molecule has 0 aliphatic carbocycles. The summed E-state index contributed by atoms with van der Waals surface area (Å²) in [6.45, 7) is 3.59. The molecule has 7 N–H and O–H groups in total. The van der Waals surface area contributed by atoms with Gasteiger partial charge in [0, 0.05) is 0 Å². The molecule has 10 heteroatoms. The fourth-order valence-electron chi connectivity index (χ4n) is 7.53. The second kappa shape index (κ2) is 39.2. The molecule has 1 heterocycles. The van der Waals surface area contributed by atoms with E-state index in [1.54, 1.807) is 6.08 Å². The van der Waals surface area contributed by atoms with Crippen LogP contribution in [-0.2, 0) is 14.3 Å². The number of carbonyl (C=O) groups is 1. The van der Waals surface area contributed by atoms with E-state index < -0.39 is 61.5 Å². The normalized spacial score (nSPS) is 21.5. The molecule has 1 fully saturated rings. The lowest BCUT2D eigenvalue weighted by molar-refractivity contribution is -0.302. The third-order valence-electron chi connectivity index (χ3n) is 11.5. The Morgan fingerprint density at radius 2 is 1.00 bits per heavy atom. The van der Waals surface area contributed by atoms with Crippen LogP contribution in [0.15, 0.2) is 36.5 Å². The quantitative estimate of drug-likeness (QED) is 0.0235. The van der Waals surface area contributed by atoms with E-state index in [0.29, 0.717) is 19.3 Å². The fraction of sp³-hybridized carbons (Fsp3) is 0.857. The van der Waals surface area contributed by atoms with Gasteiger partial charge in [-0.3, -0.25) is 4.79 Å². The molecule has 1 rings (SSSR count). The summed E-state index contributed by atoms with van der Waals surface area (Å²) >= 11 is 0. The Morgan fingerprint density at radius 3 is 1.47 bits per heavy atom. The minimum absolute atomic E-state index is 0.297. The van der Waals surface area contributed by atoms with Crippen LogP contribution in [-0.4, -0.2) is 98.7 Å². The number of rotatable bonds is 40. The van der Waals surface area contributed by atoms with Crippen molar-refractivity contribution in [3.05, 3.63) is 36.5 Å². The van der Waals surface area contributed by atoms with Crippen molar-refractivity contribution in [2.24, 2.45) is 0 Å². The molecule has 0 saturated carbocycles. The van der Waals surface area contributed by atoms with Crippen molar-refractivity contribution < 1.29 is 44.9 Å². The average molecular weight is 838 g/mol. The number of aliphatic hydroxyl groups excluding tert-OH is 6. The summed E-state index contributed by atoms with van der Waals surface area (Å²) in [5.41, 5.74) is 0. The highest BCUT2D eigenvalue weighted by molar-refractivity contribution is 5.80. The molecule has 59 heavy (non-hydrogen) atoms. The van der Waals surface area contributed by atoms with Gasteiger partial charge in [-0.1, -0.05) is 185 Å². The first-order chi connectivity index (χ1) is 28.8. The Bertz CT molecular complexity index is 1040. The van der Waals surface area contributed by atoms with Crippen LogP contribution in [0.1, 0.15) is 206 Å². The molecule has 8 unspecified atom stereocenters. The highest BCUT2D eigenvalue weighted by Crippen LogP contribution is 2.23. The smallest absolute Gasteiger partial charge is 0.249 e. The number of allylic oxidation sites excluding steroid dienone is 5.